The summed E-state index contributed by atoms with van der Waals surface area (Å²) in [6, 6.07) is 44.5. The highest BCUT2D eigenvalue weighted by molar-refractivity contribution is 6.17. The van der Waals surface area contributed by atoms with Gasteiger partial charge in [0.25, 0.3) is 0 Å². The van der Waals surface area contributed by atoms with Crippen molar-refractivity contribution in [2.24, 2.45) is 9.98 Å². The predicted molar refractivity (Wildman–Crippen MR) is 186 cm³/mol. The Labute approximate surface area is 259 Å². The van der Waals surface area contributed by atoms with E-state index in [1.54, 1.807) is 0 Å². The molecule has 1 N–H and O–H groups in total. The zero-order valence-corrected chi connectivity index (χ0v) is 24.9. The van der Waals surface area contributed by atoms with Crippen LogP contribution >= 0.6 is 0 Å². The van der Waals surface area contributed by atoms with Crippen LogP contribution in [0.2, 0.25) is 0 Å². The van der Waals surface area contributed by atoms with Crippen LogP contribution in [0.4, 0.5) is 22.7 Å². The number of hydrogen-bond donors (Lipinski definition) is 1. The number of rotatable bonds is 6. The fourth-order valence-corrected chi connectivity index (χ4v) is 5.95. The number of anilines is 2. The van der Waals surface area contributed by atoms with Gasteiger partial charge in [0, 0.05) is 11.4 Å². The van der Waals surface area contributed by atoms with Crippen LogP contribution in [0.15, 0.2) is 167 Å². The number of allylic oxidation sites excluding steroid dienone is 6. The maximum absolute atomic E-state index is 5.21. The summed E-state index contributed by atoms with van der Waals surface area (Å²) in [7, 11) is 0. The van der Waals surface area contributed by atoms with E-state index < -0.39 is 0 Å². The second kappa shape index (κ2) is 12.0. The maximum Gasteiger partial charge on any atom is 0.0675 e. The molecule has 3 nitrogen and oxygen atoms in total. The Kier molecular flexibility index (Phi) is 7.44. The van der Waals surface area contributed by atoms with Gasteiger partial charge in [0.05, 0.1) is 28.7 Å². The van der Waals surface area contributed by atoms with E-state index >= 15 is 0 Å². The molecule has 7 rings (SSSR count). The van der Waals surface area contributed by atoms with Crippen molar-refractivity contribution < 1.29 is 0 Å². The van der Waals surface area contributed by atoms with E-state index in [-0.39, 0.29) is 5.92 Å². The SMILES string of the molecule is Cc1ccccc1N=C1C=CC(=C(c2ccc(Nc3ccccc3C)cc2)C2C(c3ccccc3)=Nc3ccccc32)C=C1. The second-order valence-electron chi connectivity index (χ2n) is 11.2. The zero-order chi connectivity index (χ0) is 29.9. The number of nitrogens with one attached hydrogen (secondary N) is 1. The standard InChI is InChI=1S/C41H33N3/c1-28-12-6-9-17-36(28)42-33-24-20-30(21-25-33)39(31-22-26-34(27-23-31)43-37-18-10-7-13-29(37)2)40-35-16-8-11-19-38(35)44-41(40)32-14-4-3-5-15-32/h3-27,40,42H,1-2H3. The molecule has 0 bridgehead atoms. The number of fused-ring (bicyclic) bond motifs is 1. The largest absolute Gasteiger partial charge is 0.355 e. The normalized spacial score (nSPS) is 15.1. The van der Waals surface area contributed by atoms with Gasteiger partial charge in [-0.15, -0.1) is 0 Å². The van der Waals surface area contributed by atoms with Gasteiger partial charge in [0.2, 0.25) is 0 Å². The molecular weight excluding hydrogens is 534 g/mol. The molecule has 1 unspecified atom stereocenters. The molecule has 0 spiro atoms. The van der Waals surface area contributed by atoms with Crippen LogP contribution in [-0.4, -0.2) is 11.4 Å². The maximum atomic E-state index is 5.21. The molecule has 3 heteroatoms. The lowest BCUT2D eigenvalue weighted by Crippen LogP contribution is -2.14. The molecule has 1 atom stereocenters. The van der Waals surface area contributed by atoms with Crippen LogP contribution in [0.5, 0.6) is 0 Å². The summed E-state index contributed by atoms with van der Waals surface area (Å²) in [4.78, 5) is 10.1. The van der Waals surface area contributed by atoms with Crippen molar-refractivity contribution in [2.45, 2.75) is 19.8 Å². The fraction of sp³-hybridized carbons (Fsp3) is 0.0732. The van der Waals surface area contributed by atoms with Crippen molar-refractivity contribution in [3.8, 4) is 0 Å². The highest BCUT2D eigenvalue weighted by Gasteiger charge is 2.33. The molecular formula is C41H33N3. The average Bonchev–Trinajstić information content (AvgIpc) is 3.45. The first-order valence-electron chi connectivity index (χ1n) is 15.0. The molecule has 5 aromatic rings. The van der Waals surface area contributed by atoms with Crippen molar-refractivity contribution in [2.75, 3.05) is 5.32 Å². The van der Waals surface area contributed by atoms with Crippen LogP contribution in [0, 0.1) is 13.8 Å². The van der Waals surface area contributed by atoms with E-state index in [2.05, 4.69) is 159 Å². The first-order valence-corrected chi connectivity index (χ1v) is 15.0. The van der Waals surface area contributed by atoms with Gasteiger partial charge in [-0.05, 0) is 95.3 Å². The summed E-state index contributed by atoms with van der Waals surface area (Å²) in [6.45, 7) is 4.22. The summed E-state index contributed by atoms with van der Waals surface area (Å²) in [5.74, 6) is -0.0251. The minimum absolute atomic E-state index is 0.0251. The van der Waals surface area contributed by atoms with Crippen LogP contribution < -0.4 is 5.32 Å². The molecule has 0 amide bonds. The van der Waals surface area contributed by atoms with E-state index in [4.69, 9.17) is 9.98 Å². The van der Waals surface area contributed by atoms with E-state index in [1.165, 1.54) is 16.7 Å². The molecule has 212 valence electrons. The number of para-hydroxylation sites is 3. The molecule has 0 saturated heterocycles. The van der Waals surface area contributed by atoms with E-state index in [0.29, 0.717) is 0 Å². The lowest BCUT2D eigenvalue weighted by molar-refractivity contribution is 1.19. The third-order valence-electron chi connectivity index (χ3n) is 8.28. The quantitative estimate of drug-likeness (QED) is 0.218. The van der Waals surface area contributed by atoms with Gasteiger partial charge in [-0.3, -0.25) is 4.99 Å². The third-order valence-corrected chi connectivity index (χ3v) is 8.28. The van der Waals surface area contributed by atoms with Crippen molar-refractivity contribution in [1.82, 2.24) is 0 Å². The highest BCUT2D eigenvalue weighted by atomic mass is 14.9. The summed E-state index contributed by atoms with van der Waals surface area (Å²) in [5, 5.41) is 3.59. The molecule has 0 radical (unpaired) electrons. The number of hydrogen-bond acceptors (Lipinski definition) is 3. The monoisotopic (exact) mass is 567 g/mol. The Morgan fingerprint density at radius 2 is 1.30 bits per heavy atom. The molecule has 0 aromatic heterocycles. The van der Waals surface area contributed by atoms with E-state index in [9.17, 15) is 0 Å². The van der Waals surface area contributed by atoms with Gasteiger partial charge in [-0.1, -0.05) is 109 Å². The summed E-state index contributed by atoms with van der Waals surface area (Å²) in [6.07, 6.45) is 8.65. The lowest BCUT2D eigenvalue weighted by atomic mass is 9.79. The fourth-order valence-electron chi connectivity index (χ4n) is 5.95. The second-order valence-corrected chi connectivity index (χ2v) is 11.2. The van der Waals surface area contributed by atoms with Gasteiger partial charge >= 0.3 is 0 Å². The molecule has 2 aliphatic rings. The van der Waals surface area contributed by atoms with Crippen molar-refractivity contribution in [3.05, 3.63) is 185 Å². The summed E-state index contributed by atoms with van der Waals surface area (Å²) in [5.41, 5.74) is 14.5. The molecule has 5 aromatic carbocycles. The van der Waals surface area contributed by atoms with E-state index in [1.807, 2.05) is 12.1 Å². The van der Waals surface area contributed by atoms with Crippen LogP contribution in [0.1, 0.15) is 33.7 Å². The Morgan fingerprint density at radius 3 is 2.05 bits per heavy atom. The first kappa shape index (κ1) is 27.3. The summed E-state index contributed by atoms with van der Waals surface area (Å²) < 4.78 is 0. The highest BCUT2D eigenvalue weighted by Crippen LogP contribution is 2.47. The Hall–Kier alpha value is -5.54. The van der Waals surface area contributed by atoms with Gasteiger partial charge in [0.15, 0.2) is 0 Å². The number of aliphatic imine (C=N–C) groups is 2. The lowest BCUT2D eigenvalue weighted by Gasteiger charge is -2.23. The molecule has 44 heavy (non-hydrogen) atoms. The molecule has 1 aliphatic carbocycles. The minimum atomic E-state index is -0.0251. The molecule has 0 saturated carbocycles. The van der Waals surface area contributed by atoms with Crippen molar-refractivity contribution in [1.29, 1.82) is 0 Å². The van der Waals surface area contributed by atoms with E-state index in [0.717, 1.165) is 56.4 Å². The average molecular weight is 568 g/mol. The van der Waals surface area contributed by atoms with Crippen molar-refractivity contribution in [3.63, 3.8) is 0 Å². The topological polar surface area (TPSA) is 36.8 Å². The zero-order valence-electron chi connectivity index (χ0n) is 24.9. The minimum Gasteiger partial charge on any atom is -0.355 e. The molecule has 0 fully saturated rings. The Balaban J connectivity index is 1.34. The van der Waals surface area contributed by atoms with Gasteiger partial charge in [0.1, 0.15) is 0 Å². The van der Waals surface area contributed by atoms with Gasteiger partial charge in [-0.2, -0.15) is 0 Å². The summed E-state index contributed by atoms with van der Waals surface area (Å²) >= 11 is 0. The van der Waals surface area contributed by atoms with Crippen LogP contribution in [0.25, 0.3) is 5.57 Å². The Morgan fingerprint density at radius 1 is 0.636 bits per heavy atom. The number of aryl methyl sites for hydroxylation is 2. The smallest absolute Gasteiger partial charge is 0.0675 e. The van der Waals surface area contributed by atoms with Gasteiger partial charge < -0.3 is 5.32 Å². The van der Waals surface area contributed by atoms with Crippen LogP contribution in [-0.2, 0) is 0 Å². The van der Waals surface area contributed by atoms with Crippen molar-refractivity contribution >= 4 is 39.7 Å². The predicted octanol–water partition coefficient (Wildman–Crippen LogP) is 10.6. The molecule has 1 aliphatic heterocycles. The number of nitrogens with zero attached hydrogens (tertiary/aromatic N) is 2. The van der Waals surface area contributed by atoms with Crippen LogP contribution in [0.3, 0.4) is 0 Å². The van der Waals surface area contributed by atoms with Gasteiger partial charge in [-0.25, -0.2) is 4.99 Å². The molecule has 1 heterocycles. The Bertz CT molecular complexity index is 1970. The number of benzene rings is 5. The first-order chi connectivity index (χ1) is 21.6. The third kappa shape index (κ3) is 5.48.